The molecule has 0 saturated heterocycles. The van der Waals surface area contributed by atoms with Crippen molar-refractivity contribution in [2.75, 3.05) is 6.61 Å². The first-order valence-electron chi connectivity index (χ1n) is 9.24. The average Bonchev–Trinajstić information content (AvgIpc) is 2.75. The standard InChI is InChI=1S/C18H13F17OSe/c1-37-10-5-3-9(4-6-10)36-8-2-7-11(19,20)12(21,22)13(23,24)14(25,26)15(27,28)16(29,30)17(31,32)18(33,34)35/h3-6H,2,7-8H2,1H3/i1+1. The third-order valence-corrected chi connectivity index (χ3v) is 6.31. The van der Waals surface area contributed by atoms with Gasteiger partial charge in [-0.2, -0.15) is 48.3 Å². The molecule has 0 heterocycles. The van der Waals surface area contributed by atoms with E-state index in [2.05, 4.69) is 0 Å². The normalized spacial score (nSPS) is 15.2. The number of alkyl halides is 17. The Balaban J connectivity index is 3.20. The Morgan fingerprint density at radius 2 is 0.946 bits per heavy atom. The second-order valence-corrected chi connectivity index (χ2v) is 9.12. The number of benzene rings is 1. The van der Waals surface area contributed by atoms with Crippen LogP contribution in [0.15, 0.2) is 24.3 Å². The summed E-state index contributed by atoms with van der Waals surface area (Å²) in [5.74, 6) is -54.4. The molecule has 1 aromatic rings. The monoisotopic (exact) mass is 649 g/mol. The second kappa shape index (κ2) is 10.2. The van der Waals surface area contributed by atoms with Crippen LogP contribution in [0.1, 0.15) is 12.8 Å². The van der Waals surface area contributed by atoms with Crippen LogP contribution in [-0.2, 0) is 0 Å². The number of halogens is 17. The molecule has 0 aromatic heterocycles. The predicted molar refractivity (Wildman–Crippen MR) is 93.1 cm³/mol. The summed E-state index contributed by atoms with van der Waals surface area (Å²) >= 11 is 0.0306. The Labute approximate surface area is 202 Å². The van der Waals surface area contributed by atoms with Crippen LogP contribution in [-0.4, -0.2) is 69.2 Å². The van der Waals surface area contributed by atoms with Gasteiger partial charge in [0.15, 0.2) is 0 Å². The Kier molecular flexibility index (Phi) is 9.16. The molecule has 216 valence electrons. The molecular weight excluding hydrogens is 635 g/mol. The summed E-state index contributed by atoms with van der Waals surface area (Å²) < 4.78 is 230. The van der Waals surface area contributed by atoms with E-state index in [1.165, 1.54) is 24.3 Å². The third kappa shape index (κ3) is 5.43. The van der Waals surface area contributed by atoms with E-state index in [-0.39, 0.29) is 20.7 Å². The van der Waals surface area contributed by atoms with Gasteiger partial charge in [-0.3, -0.25) is 0 Å². The molecule has 0 fully saturated rings. The van der Waals surface area contributed by atoms with Gasteiger partial charge in [0.05, 0.1) is 0 Å². The molecule has 0 aliphatic carbocycles. The summed E-state index contributed by atoms with van der Waals surface area (Å²) in [6.45, 7) is -0.962. The molecule has 0 aliphatic rings. The third-order valence-electron chi connectivity index (χ3n) is 4.75. The zero-order chi connectivity index (χ0) is 29.5. The summed E-state index contributed by atoms with van der Waals surface area (Å²) in [6.07, 6.45) is -11.6. The van der Waals surface area contributed by atoms with E-state index in [9.17, 15) is 74.6 Å². The van der Waals surface area contributed by atoms with E-state index in [1.54, 1.807) is 0 Å². The van der Waals surface area contributed by atoms with Crippen molar-refractivity contribution >= 4 is 19.4 Å². The van der Waals surface area contributed by atoms with Crippen LogP contribution >= 0.6 is 0 Å². The van der Waals surface area contributed by atoms with Crippen molar-refractivity contribution in [2.24, 2.45) is 0 Å². The van der Waals surface area contributed by atoms with Crippen molar-refractivity contribution in [3.8, 4) is 5.75 Å². The molecule has 1 aromatic carbocycles. The number of ether oxygens (including phenoxy) is 1. The fourth-order valence-corrected chi connectivity index (χ4v) is 3.37. The van der Waals surface area contributed by atoms with E-state index in [1.807, 2.05) is 5.82 Å². The summed E-state index contributed by atoms with van der Waals surface area (Å²) in [4.78, 5) is 0. The van der Waals surface area contributed by atoms with E-state index in [0.717, 1.165) is 4.46 Å². The van der Waals surface area contributed by atoms with Crippen LogP contribution in [0.2, 0.25) is 5.82 Å². The van der Waals surface area contributed by atoms with Crippen molar-refractivity contribution in [2.45, 2.75) is 66.3 Å². The van der Waals surface area contributed by atoms with Crippen LogP contribution in [0.5, 0.6) is 5.75 Å². The van der Waals surface area contributed by atoms with Gasteiger partial charge in [0.2, 0.25) is 0 Å². The quantitative estimate of drug-likeness (QED) is 0.101. The van der Waals surface area contributed by atoms with Gasteiger partial charge in [-0.15, -0.1) is 0 Å². The Morgan fingerprint density at radius 1 is 0.568 bits per heavy atom. The van der Waals surface area contributed by atoms with Gasteiger partial charge in [-0.1, -0.05) is 0 Å². The van der Waals surface area contributed by atoms with Crippen molar-refractivity contribution in [1.29, 1.82) is 0 Å². The zero-order valence-electron chi connectivity index (χ0n) is 17.7. The minimum absolute atomic E-state index is 0.0306. The number of rotatable bonds is 12. The SMILES string of the molecule is [13CH3][Se]c1ccc(OCCCC(F)(F)C(F)(F)C(F)(F)C(F)(F)C(F)(F)C(F)(F)C(F)(F)C(F)(F)F)cc1. The first kappa shape index (κ1) is 33.4. The topological polar surface area (TPSA) is 9.23 Å². The summed E-state index contributed by atoms with van der Waals surface area (Å²) in [5.41, 5.74) is 0. The van der Waals surface area contributed by atoms with Gasteiger partial charge >= 0.3 is 153 Å². The van der Waals surface area contributed by atoms with Crippen molar-refractivity contribution in [1.82, 2.24) is 0 Å². The van der Waals surface area contributed by atoms with Crippen molar-refractivity contribution in [3.05, 3.63) is 24.3 Å². The van der Waals surface area contributed by atoms with Gasteiger partial charge < -0.3 is 0 Å². The molecule has 0 saturated carbocycles. The molecule has 0 spiro atoms. The second-order valence-electron chi connectivity index (χ2n) is 7.28. The molecule has 0 unspecified atom stereocenters. The van der Waals surface area contributed by atoms with E-state index >= 15 is 0 Å². The van der Waals surface area contributed by atoms with Crippen LogP contribution < -0.4 is 9.20 Å². The molecule has 0 bridgehead atoms. The average molecular weight is 648 g/mol. The van der Waals surface area contributed by atoms with Gasteiger partial charge in [0.25, 0.3) is 0 Å². The molecule has 0 amide bonds. The zero-order valence-corrected chi connectivity index (χ0v) is 19.4. The van der Waals surface area contributed by atoms with E-state index in [0.29, 0.717) is 0 Å². The molecule has 0 radical (unpaired) electrons. The van der Waals surface area contributed by atoms with Gasteiger partial charge in [0, 0.05) is 0 Å². The molecule has 0 atom stereocenters. The van der Waals surface area contributed by atoms with Crippen molar-refractivity contribution in [3.63, 3.8) is 0 Å². The van der Waals surface area contributed by atoms with Gasteiger partial charge in [-0.25, -0.2) is 0 Å². The minimum atomic E-state index is -8.61. The van der Waals surface area contributed by atoms with Crippen LogP contribution in [0.3, 0.4) is 0 Å². The van der Waals surface area contributed by atoms with Gasteiger partial charge in [0.1, 0.15) is 0 Å². The maximum absolute atomic E-state index is 13.8. The molecule has 1 rings (SSSR count). The first-order valence-corrected chi connectivity index (χ1v) is 11.8. The van der Waals surface area contributed by atoms with Crippen LogP contribution in [0.25, 0.3) is 0 Å². The van der Waals surface area contributed by atoms with Crippen molar-refractivity contribution < 1.29 is 79.4 Å². The summed E-state index contributed by atoms with van der Waals surface area (Å²) in [7, 11) is 0. The molecule has 0 aliphatic heterocycles. The maximum atomic E-state index is 13.8. The van der Waals surface area contributed by atoms with E-state index < -0.39 is 67.1 Å². The fourth-order valence-electron chi connectivity index (χ4n) is 2.51. The van der Waals surface area contributed by atoms with Gasteiger partial charge in [-0.05, 0) is 0 Å². The number of hydrogen-bond donors (Lipinski definition) is 0. The van der Waals surface area contributed by atoms with E-state index in [4.69, 9.17) is 4.74 Å². The van der Waals surface area contributed by atoms with Crippen LogP contribution in [0.4, 0.5) is 74.6 Å². The molecule has 19 heteroatoms. The Morgan fingerprint density at radius 3 is 1.32 bits per heavy atom. The summed E-state index contributed by atoms with van der Waals surface area (Å²) in [6, 6.07) is 5.56. The Hall–Kier alpha value is -1.65. The molecule has 1 nitrogen and oxygen atoms in total. The molecule has 37 heavy (non-hydrogen) atoms. The summed E-state index contributed by atoms with van der Waals surface area (Å²) in [5, 5.41) is 0. The Bertz CT molecular complexity index is 908. The first-order chi connectivity index (χ1) is 16.3. The number of hydrogen-bond acceptors (Lipinski definition) is 1. The fraction of sp³-hybridized carbons (Fsp3) is 0.667. The molecule has 0 N–H and O–H groups in total. The van der Waals surface area contributed by atoms with Crippen LogP contribution in [0, 0.1) is 0 Å². The molecular formula is C18H13F17OSe. The predicted octanol–water partition coefficient (Wildman–Crippen LogP) is 7.23.